The van der Waals surface area contributed by atoms with Crippen molar-refractivity contribution < 1.29 is 28.6 Å². The molecule has 3 rings (SSSR count). The van der Waals surface area contributed by atoms with Gasteiger partial charge in [0, 0.05) is 37.4 Å². The zero-order valence-electron chi connectivity index (χ0n) is 22.7. The number of nitrogens with zero attached hydrogens (tertiary/aromatic N) is 2. The van der Waals surface area contributed by atoms with Crippen LogP contribution in [0.1, 0.15) is 32.8 Å². The minimum Gasteiger partial charge on any atom is -0.490 e. The smallest absolute Gasteiger partial charge is 0.290 e. The van der Waals surface area contributed by atoms with Crippen molar-refractivity contribution in [3.63, 3.8) is 0 Å². The fourth-order valence-corrected chi connectivity index (χ4v) is 3.94. The largest absolute Gasteiger partial charge is 0.490 e. The number of nitrogens with one attached hydrogen (secondary N) is 2. The van der Waals surface area contributed by atoms with Crippen LogP contribution in [0.25, 0.3) is 11.3 Å². The second kappa shape index (κ2) is 21.9. The van der Waals surface area contributed by atoms with Gasteiger partial charge in [0.25, 0.3) is 6.47 Å². The predicted molar refractivity (Wildman–Crippen MR) is 151 cm³/mol. The van der Waals surface area contributed by atoms with Gasteiger partial charge in [-0.25, -0.2) is 0 Å². The van der Waals surface area contributed by atoms with Crippen LogP contribution in [0.15, 0.2) is 43.1 Å². The summed E-state index contributed by atoms with van der Waals surface area (Å²) >= 11 is 5.59. The Morgan fingerprint density at radius 3 is 2.66 bits per heavy atom. The number of rotatable bonds is 11. The lowest BCUT2D eigenvalue weighted by atomic mass is 10.1. The van der Waals surface area contributed by atoms with Crippen molar-refractivity contribution >= 4 is 24.6 Å². The van der Waals surface area contributed by atoms with Gasteiger partial charge < -0.3 is 24.8 Å². The van der Waals surface area contributed by atoms with E-state index in [0.717, 1.165) is 59.6 Å². The second-order valence-electron chi connectivity index (χ2n) is 7.43. The Hall–Kier alpha value is -3.15. The number of alkyl halides is 1. The topological polar surface area (TPSA) is 117 Å². The molecule has 212 valence electrons. The molecule has 3 N–H and O–H groups in total. The van der Waals surface area contributed by atoms with Crippen LogP contribution < -0.4 is 10.1 Å². The van der Waals surface area contributed by atoms with Crippen molar-refractivity contribution in [2.24, 2.45) is 0 Å². The molecule has 1 aromatic heterocycles. The van der Waals surface area contributed by atoms with E-state index in [-0.39, 0.29) is 12.4 Å². The first-order valence-electron chi connectivity index (χ1n) is 12.5. The minimum absolute atomic E-state index is 0.00402. The molecule has 1 atom stereocenters. The number of amides is 1. The standard InChI is InChI=1S/C23H30N4O3S.C2H6.CH3F.CH2O2/c1-3-17-15-25-26-22(23(17)31)19-7-5-6-8-20(19)30-14-13-29-12-10-24-18-9-11-27(16-18)21(28)4-2;2*1-2;2-1-3/h4-8,15,18,24H,2-3,9-14,16H2,1H3,(H,25,31);1-2H3;1H3;1H,(H,2,3). The fraction of sp³-hybridized carbons (Fsp3) is 0.481. The van der Waals surface area contributed by atoms with E-state index in [1.807, 2.05) is 49.2 Å². The van der Waals surface area contributed by atoms with Gasteiger partial charge in [0.2, 0.25) is 5.91 Å². The number of ether oxygens (including phenoxy) is 2. The molecule has 1 unspecified atom stereocenters. The van der Waals surface area contributed by atoms with E-state index in [9.17, 15) is 9.18 Å². The first-order chi connectivity index (χ1) is 18.5. The molecule has 0 saturated carbocycles. The molecule has 0 aliphatic carbocycles. The average Bonchev–Trinajstić information content (AvgIpc) is 3.44. The molecule has 1 aliphatic rings. The maximum absolute atomic E-state index is 11.6. The van der Waals surface area contributed by atoms with Crippen molar-refractivity contribution in [2.45, 2.75) is 39.7 Å². The summed E-state index contributed by atoms with van der Waals surface area (Å²) < 4.78 is 21.9. The van der Waals surface area contributed by atoms with Crippen LogP contribution in [0.2, 0.25) is 0 Å². The number of aromatic nitrogens is 2. The number of aromatic amines is 1. The SMILES string of the molecule is C=CC(=O)N1CCC(NCCOCCOc2ccccc2-c2n[nH]cc(CC)c2=S)C1.CC.CF.O=CO. The normalized spacial score (nSPS) is 13.5. The molecule has 0 spiro atoms. The number of carbonyl (C=O) groups is 2. The lowest BCUT2D eigenvalue weighted by Gasteiger charge is -2.15. The molecular formula is C27H41FN4O5S. The quantitative estimate of drug-likeness (QED) is 0.162. The van der Waals surface area contributed by atoms with Gasteiger partial charge >= 0.3 is 0 Å². The van der Waals surface area contributed by atoms with E-state index in [2.05, 4.69) is 29.0 Å². The Kier molecular flexibility index (Phi) is 20.1. The molecule has 1 saturated heterocycles. The van der Waals surface area contributed by atoms with Gasteiger partial charge in [0.15, 0.2) is 0 Å². The number of carbonyl (C=O) groups excluding carboxylic acids is 1. The van der Waals surface area contributed by atoms with Crippen LogP contribution in [0, 0.1) is 4.51 Å². The fourth-order valence-electron chi connectivity index (χ4n) is 3.58. The van der Waals surface area contributed by atoms with Gasteiger partial charge in [-0.1, -0.05) is 51.7 Å². The van der Waals surface area contributed by atoms with Gasteiger partial charge in [-0.3, -0.25) is 19.1 Å². The van der Waals surface area contributed by atoms with Gasteiger partial charge in [-0.15, -0.1) is 0 Å². The maximum atomic E-state index is 11.6. The Morgan fingerprint density at radius 2 is 2.00 bits per heavy atom. The summed E-state index contributed by atoms with van der Waals surface area (Å²) in [5.74, 6) is 0.734. The van der Waals surface area contributed by atoms with Gasteiger partial charge in [-0.05, 0) is 36.6 Å². The van der Waals surface area contributed by atoms with Crippen molar-refractivity contribution in [3.05, 3.63) is 53.2 Å². The summed E-state index contributed by atoms with van der Waals surface area (Å²) in [6.07, 6.45) is 5.01. The van der Waals surface area contributed by atoms with Crippen LogP contribution in [-0.4, -0.2) is 85.3 Å². The number of carboxylic acid groups (broad SMARTS) is 1. The van der Waals surface area contributed by atoms with Crippen molar-refractivity contribution in [3.8, 4) is 17.0 Å². The number of halogens is 1. The second-order valence-corrected chi connectivity index (χ2v) is 7.84. The Labute approximate surface area is 230 Å². The third-order valence-corrected chi connectivity index (χ3v) is 5.74. The highest BCUT2D eigenvalue weighted by molar-refractivity contribution is 7.71. The van der Waals surface area contributed by atoms with Crippen LogP contribution in [0.5, 0.6) is 5.75 Å². The highest BCUT2D eigenvalue weighted by Gasteiger charge is 2.23. The summed E-state index contributed by atoms with van der Waals surface area (Å²) in [5, 5.41) is 17.6. The van der Waals surface area contributed by atoms with Gasteiger partial charge in [-0.2, -0.15) is 5.10 Å². The number of para-hydroxylation sites is 1. The molecule has 0 bridgehead atoms. The van der Waals surface area contributed by atoms with Gasteiger partial charge in [0.1, 0.15) is 18.1 Å². The van der Waals surface area contributed by atoms with E-state index >= 15 is 0 Å². The molecule has 1 amide bonds. The maximum Gasteiger partial charge on any atom is 0.290 e. The first kappa shape index (κ1) is 34.9. The lowest BCUT2D eigenvalue weighted by Crippen LogP contribution is -2.36. The summed E-state index contributed by atoms with van der Waals surface area (Å²) in [7, 11) is 0.500. The number of benzene rings is 1. The summed E-state index contributed by atoms with van der Waals surface area (Å²) in [4.78, 5) is 21.8. The summed E-state index contributed by atoms with van der Waals surface area (Å²) in [6, 6.07) is 8.08. The molecule has 11 heteroatoms. The number of hydrogen-bond donors (Lipinski definition) is 3. The van der Waals surface area contributed by atoms with E-state index in [1.54, 1.807) is 0 Å². The van der Waals surface area contributed by atoms with Crippen LogP contribution >= 0.6 is 12.2 Å². The van der Waals surface area contributed by atoms with Crippen molar-refractivity contribution in [2.75, 3.05) is 46.6 Å². The first-order valence-corrected chi connectivity index (χ1v) is 12.9. The molecule has 1 aliphatic heterocycles. The Balaban J connectivity index is 0.00000179. The highest BCUT2D eigenvalue weighted by Crippen LogP contribution is 2.29. The van der Waals surface area contributed by atoms with E-state index in [0.29, 0.717) is 33.0 Å². The molecule has 1 aromatic carbocycles. The van der Waals surface area contributed by atoms with Crippen LogP contribution in [0.3, 0.4) is 0 Å². The van der Waals surface area contributed by atoms with E-state index in [1.165, 1.54) is 6.08 Å². The molecule has 1 fully saturated rings. The van der Waals surface area contributed by atoms with Crippen molar-refractivity contribution in [1.82, 2.24) is 20.4 Å². The van der Waals surface area contributed by atoms with E-state index < -0.39 is 0 Å². The van der Waals surface area contributed by atoms with Crippen molar-refractivity contribution in [1.29, 1.82) is 0 Å². The molecule has 2 heterocycles. The van der Waals surface area contributed by atoms with E-state index in [4.69, 9.17) is 31.6 Å². The third-order valence-electron chi connectivity index (χ3n) is 5.28. The number of hydrogen-bond acceptors (Lipinski definition) is 7. The monoisotopic (exact) mass is 552 g/mol. The van der Waals surface area contributed by atoms with Gasteiger partial charge in [0.05, 0.1) is 24.9 Å². The molecule has 2 aromatic rings. The number of aryl methyl sites for hydroxylation is 1. The highest BCUT2D eigenvalue weighted by atomic mass is 32.1. The summed E-state index contributed by atoms with van der Waals surface area (Å²) in [6.45, 7) is 13.1. The Morgan fingerprint density at radius 1 is 1.32 bits per heavy atom. The lowest BCUT2D eigenvalue weighted by molar-refractivity contribution is -0.125. The third kappa shape index (κ3) is 11.9. The molecule has 38 heavy (non-hydrogen) atoms. The molecule has 0 radical (unpaired) electrons. The minimum atomic E-state index is -0.250. The predicted octanol–water partition coefficient (Wildman–Crippen LogP) is 4.45. The molecule has 9 nitrogen and oxygen atoms in total. The molecular weight excluding hydrogens is 511 g/mol. The summed E-state index contributed by atoms with van der Waals surface area (Å²) in [5.41, 5.74) is 2.67. The zero-order valence-corrected chi connectivity index (χ0v) is 23.6. The Bertz CT molecular complexity index is 1010. The van der Waals surface area contributed by atoms with Crippen LogP contribution in [0.4, 0.5) is 4.39 Å². The number of H-pyrrole nitrogens is 1. The zero-order chi connectivity index (χ0) is 28.8. The number of likely N-dealkylation sites (tertiary alicyclic amines) is 1. The average molecular weight is 553 g/mol. The van der Waals surface area contributed by atoms with Crippen LogP contribution in [-0.2, 0) is 20.7 Å².